The van der Waals surface area contributed by atoms with Crippen LogP contribution in [0.5, 0.6) is 11.5 Å². The normalized spacial score (nSPS) is 16.4. The zero-order chi connectivity index (χ0) is 28.0. The van der Waals surface area contributed by atoms with Gasteiger partial charge in [0.1, 0.15) is 0 Å². The number of rotatable bonds is 7. The van der Waals surface area contributed by atoms with Gasteiger partial charge in [0.15, 0.2) is 11.5 Å². The van der Waals surface area contributed by atoms with Gasteiger partial charge < -0.3 is 19.7 Å². The third kappa shape index (κ3) is 4.57. The molecule has 2 aliphatic heterocycles. The molecule has 1 aliphatic carbocycles. The van der Waals surface area contributed by atoms with Crippen LogP contribution in [0.3, 0.4) is 0 Å². The summed E-state index contributed by atoms with van der Waals surface area (Å²) in [6.07, 6.45) is 4.46. The first-order chi connectivity index (χ1) is 19.3. The molecule has 2 heterocycles. The SMILES string of the molecule is COc1ccc(N2Cc3ccc(CN4C(=O)c5ccc(NC(C)=O)cc5C4=O)cc3C2=O)cc1OC1CCCC1. The van der Waals surface area contributed by atoms with Crippen molar-refractivity contribution < 1.29 is 28.7 Å². The van der Waals surface area contributed by atoms with Crippen molar-refractivity contribution in [1.82, 2.24) is 4.90 Å². The number of carbonyl (C=O) groups is 4. The first kappa shape index (κ1) is 25.6. The van der Waals surface area contributed by atoms with Gasteiger partial charge in [-0.05, 0) is 73.2 Å². The Hall–Kier alpha value is -4.66. The summed E-state index contributed by atoms with van der Waals surface area (Å²) in [6, 6.07) is 15.6. The molecule has 9 heteroatoms. The van der Waals surface area contributed by atoms with Crippen molar-refractivity contribution in [1.29, 1.82) is 0 Å². The van der Waals surface area contributed by atoms with Gasteiger partial charge in [0.05, 0.1) is 37.4 Å². The van der Waals surface area contributed by atoms with E-state index in [-0.39, 0.29) is 35.6 Å². The lowest BCUT2D eigenvalue weighted by molar-refractivity contribution is -0.114. The van der Waals surface area contributed by atoms with E-state index >= 15 is 0 Å². The molecule has 3 aromatic rings. The summed E-state index contributed by atoms with van der Waals surface area (Å²) in [6.45, 7) is 1.81. The van der Waals surface area contributed by atoms with Crippen LogP contribution in [0.25, 0.3) is 0 Å². The van der Waals surface area contributed by atoms with Gasteiger partial charge >= 0.3 is 0 Å². The summed E-state index contributed by atoms with van der Waals surface area (Å²) in [5.74, 6) is -0.00540. The quantitative estimate of drug-likeness (QED) is 0.427. The Morgan fingerprint density at radius 3 is 2.40 bits per heavy atom. The summed E-state index contributed by atoms with van der Waals surface area (Å²) in [7, 11) is 1.60. The van der Waals surface area contributed by atoms with E-state index in [4.69, 9.17) is 9.47 Å². The van der Waals surface area contributed by atoms with Crippen LogP contribution in [0.15, 0.2) is 54.6 Å². The van der Waals surface area contributed by atoms with E-state index in [1.807, 2.05) is 30.3 Å². The van der Waals surface area contributed by atoms with Gasteiger partial charge in [-0.25, -0.2) is 0 Å². The van der Waals surface area contributed by atoms with Gasteiger partial charge in [-0.3, -0.25) is 24.1 Å². The minimum Gasteiger partial charge on any atom is -0.493 e. The Kier molecular flexibility index (Phi) is 6.50. The highest BCUT2D eigenvalue weighted by molar-refractivity contribution is 6.21. The number of imide groups is 1. The van der Waals surface area contributed by atoms with Gasteiger partial charge in [0.2, 0.25) is 5.91 Å². The van der Waals surface area contributed by atoms with E-state index in [1.165, 1.54) is 13.0 Å². The lowest BCUT2D eigenvalue weighted by Gasteiger charge is -2.20. The van der Waals surface area contributed by atoms with Crippen molar-refractivity contribution in [2.24, 2.45) is 0 Å². The van der Waals surface area contributed by atoms with Crippen LogP contribution in [0.4, 0.5) is 11.4 Å². The molecule has 0 bridgehead atoms. The second kappa shape index (κ2) is 10.1. The zero-order valence-corrected chi connectivity index (χ0v) is 22.4. The van der Waals surface area contributed by atoms with Crippen LogP contribution < -0.4 is 19.7 Å². The van der Waals surface area contributed by atoms with Crippen LogP contribution in [0.1, 0.15) is 74.8 Å². The van der Waals surface area contributed by atoms with Crippen LogP contribution in [0.2, 0.25) is 0 Å². The highest BCUT2D eigenvalue weighted by Crippen LogP contribution is 2.38. The number of hydrogen-bond donors (Lipinski definition) is 1. The molecule has 0 spiro atoms. The fraction of sp³-hybridized carbons (Fsp3) is 0.290. The molecule has 40 heavy (non-hydrogen) atoms. The van der Waals surface area contributed by atoms with Crippen molar-refractivity contribution in [3.63, 3.8) is 0 Å². The first-order valence-electron chi connectivity index (χ1n) is 13.4. The summed E-state index contributed by atoms with van der Waals surface area (Å²) in [5.41, 5.74) is 3.78. The maximum atomic E-state index is 13.5. The number of carbonyl (C=O) groups excluding carboxylic acids is 4. The highest BCUT2D eigenvalue weighted by Gasteiger charge is 2.36. The van der Waals surface area contributed by atoms with E-state index in [0.29, 0.717) is 40.5 Å². The highest BCUT2D eigenvalue weighted by atomic mass is 16.5. The molecule has 0 saturated heterocycles. The predicted molar refractivity (Wildman–Crippen MR) is 148 cm³/mol. The summed E-state index contributed by atoms with van der Waals surface area (Å²) in [5, 5.41) is 2.63. The lowest BCUT2D eigenvalue weighted by atomic mass is 10.1. The first-order valence-corrected chi connectivity index (χ1v) is 13.4. The number of methoxy groups -OCH3 is 1. The van der Waals surface area contributed by atoms with Crippen molar-refractivity contribution in [3.8, 4) is 11.5 Å². The van der Waals surface area contributed by atoms with Gasteiger partial charge in [0, 0.05) is 29.9 Å². The van der Waals surface area contributed by atoms with E-state index in [0.717, 1.165) is 36.1 Å². The number of hydrogen-bond acceptors (Lipinski definition) is 6. The number of ether oxygens (including phenoxy) is 2. The zero-order valence-electron chi connectivity index (χ0n) is 22.4. The minimum absolute atomic E-state index is 0.0320. The molecule has 0 radical (unpaired) electrons. The monoisotopic (exact) mass is 539 g/mol. The average Bonchev–Trinajstić information content (AvgIpc) is 3.63. The van der Waals surface area contributed by atoms with Gasteiger partial charge in [-0.1, -0.05) is 12.1 Å². The van der Waals surface area contributed by atoms with E-state index < -0.39 is 11.8 Å². The number of nitrogens with one attached hydrogen (secondary N) is 1. The van der Waals surface area contributed by atoms with Crippen LogP contribution in [-0.2, 0) is 17.9 Å². The largest absolute Gasteiger partial charge is 0.493 e. The second-order valence-corrected chi connectivity index (χ2v) is 10.4. The van der Waals surface area contributed by atoms with Gasteiger partial charge in [-0.2, -0.15) is 0 Å². The van der Waals surface area contributed by atoms with Gasteiger partial charge in [0.25, 0.3) is 17.7 Å². The topological polar surface area (TPSA) is 105 Å². The van der Waals surface area contributed by atoms with Crippen LogP contribution >= 0.6 is 0 Å². The van der Waals surface area contributed by atoms with Gasteiger partial charge in [-0.15, -0.1) is 0 Å². The average molecular weight is 540 g/mol. The molecule has 3 aliphatic rings. The molecular formula is C31H29N3O6. The maximum Gasteiger partial charge on any atom is 0.261 e. The fourth-order valence-electron chi connectivity index (χ4n) is 5.66. The number of benzene rings is 3. The second-order valence-electron chi connectivity index (χ2n) is 10.4. The summed E-state index contributed by atoms with van der Waals surface area (Å²) < 4.78 is 11.7. The molecular weight excluding hydrogens is 510 g/mol. The molecule has 1 N–H and O–H groups in total. The van der Waals surface area contributed by atoms with Crippen molar-refractivity contribution in [2.45, 2.75) is 51.8 Å². The fourth-order valence-corrected chi connectivity index (χ4v) is 5.66. The van der Waals surface area contributed by atoms with Crippen molar-refractivity contribution >= 4 is 35.0 Å². The Balaban J connectivity index is 1.21. The molecule has 1 fully saturated rings. The molecule has 0 aromatic heterocycles. The summed E-state index contributed by atoms with van der Waals surface area (Å²) in [4.78, 5) is 53.9. The van der Waals surface area contributed by atoms with E-state index in [9.17, 15) is 19.2 Å². The summed E-state index contributed by atoms with van der Waals surface area (Å²) >= 11 is 0. The van der Waals surface area contributed by atoms with Crippen LogP contribution in [-0.4, -0.2) is 41.7 Å². The minimum atomic E-state index is -0.436. The molecule has 0 unspecified atom stereocenters. The number of fused-ring (bicyclic) bond motifs is 2. The third-order valence-corrected chi connectivity index (χ3v) is 7.66. The molecule has 1 saturated carbocycles. The molecule has 9 nitrogen and oxygen atoms in total. The Morgan fingerprint density at radius 2 is 1.65 bits per heavy atom. The van der Waals surface area contributed by atoms with Crippen molar-refractivity contribution in [2.75, 3.05) is 17.3 Å². The Labute approximate surface area is 231 Å². The molecule has 3 aromatic carbocycles. The Bertz CT molecular complexity index is 1560. The number of anilines is 2. The Morgan fingerprint density at radius 1 is 0.875 bits per heavy atom. The maximum absolute atomic E-state index is 13.5. The van der Waals surface area contributed by atoms with E-state index in [2.05, 4.69) is 5.32 Å². The molecule has 204 valence electrons. The smallest absolute Gasteiger partial charge is 0.261 e. The standard InChI is InChI=1S/C31H29N3O6/c1-18(35)32-21-9-11-24-26(14-21)31(38)34(29(24)36)16-19-7-8-20-17-33(30(37)25(20)13-19)22-10-12-27(39-2)28(15-22)40-23-5-3-4-6-23/h7-15,23H,3-6,16-17H2,1-2H3,(H,32,35). The number of amides is 4. The van der Waals surface area contributed by atoms with E-state index in [1.54, 1.807) is 30.2 Å². The molecule has 4 amide bonds. The van der Waals surface area contributed by atoms with Crippen LogP contribution in [0, 0.1) is 0 Å². The predicted octanol–water partition coefficient (Wildman–Crippen LogP) is 4.93. The third-order valence-electron chi connectivity index (χ3n) is 7.66. The molecule has 0 atom stereocenters. The number of nitrogens with zero attached hydrogens (tertiary/aromatic N) is 2. The molecule has 6 rings (SSSR count). The van der Waals surface area contributed by atoms with Crippen molar-refractivity contribution in [3.05, 3.63) is 82.4 Å². The lowest BCUT2D eigenvalue weighted by Crippen LogP contribution is -2.29.